The Balaban J connectivity index is 1.60. The zero-order valence-electron chi connectivity index (χ0n) is 13.5. The lowest BCUT2D eigenvalue weighted by molar-refractivity contribution is 0.136. The van der Waals surface area contributed by atoms with E-state index in [9.17, 15) is 0 Å². The van der Waals surface area contributed by atoms with Crippen molar-refractivity contribution in [1.82, 2.24) is 5.32 Å². The Labute approximate surface area is 120 Å². The van der Waals surface area contributed by atoms with E-state index < -0.39 is 0 Å². The first-order valence-corrected chi connectivity index (χ1v) is 8.85. The minimum atomic E-state index is 0.564. The van der Waals surface area contributed by atoms with Gasteiger partial charge in [-0.1, -0.05) is 52.9 Å². The van der Waals surface area contributed by atoms with Gasteiger partial charge in [0.2, 0.25) is 0 Å². The molecule has 19 heavy (non-hydrogen) atoms. The molecule has 0 atom stereocenters. The summed E-state index contributed by atoms with van der Waals surface area (Å²) in [6.07, 6.45) is 14.5. The van der Waals surface area contributed by atoms with E-state index in [1.54, 1.807) is 0 Å². The molecule has 0 aromatic rings. The topological polar surface area (TPSA) is 12.0 Å². The molecule has 0 amide bonds. The Morgan fingerprint density at radius 3 is 2.16 bits per heavy atom. The molecule has 2 aliphatic carbocycles. The van der Waals surface area contributed by atoms with Crippen LogP contribution in [0.15, 0.2) is 0 Å². The maximum absolute atomic E-state index is 3.84. The highest BCUT2D eigenvalue weighted by molar-refractivity contribution is 4.85. The fraction of sp³-hybridized carbons (Fsp3) is 1.00. The first kappa shape index (κ1) is 15.4. The predicted molar refractivity (Wildman–Crippen MR) is 84.4 cm³/mol. The summed E-state index contributed by atoms with van der Waals surface area (Å²) in [7, 11) is 0. The summed E-state index contributed by atoms with van der Waals surface area (Å²) in [6, 6.07) is 0.824. The molecule has 0 aliphatic heterocycles. The molecule has 0 aromatic heterocycles. The number of hydrogen-bond donors (Lipinski definition) is 1. The van der Waals surface area contributed by atoms with E-state index >= 15 is 0 Å². The van der Waals surface area contributed by atoms with E-state index in [-0.39, 0.29) is 0 Å². The lowest BCUT2D eigenvalue weighted by atomic mass is 9.69. The molecule has 0 spiro atoms. The summed E-state index contributed by atoms with van der Waals surface area (Å²) in [4.78, 5) is 0. The average Bonchev–Trinajstić information content (AvgIpc) is 2.92. The Bertz CT molecular complexity index is 244. The van der Waals surface area contributed by atoms with Crippen molar-refractivity contribution in [2.75, 3.05) is 6.54 Å². The third kappa shape index (κ3) is 4.48. The Hall–Kier alpha value is -0.0400. The van der Waals surface area contributed by atoms with Crippen LogP contribution in [0.4, 0.5) is 0 Å². The van der Waals surface area contributed by atoms with E-state index in [0.29, 0.717) is 5.41 Å². The van der Waals surface area contributed by atoms with Crippen molar-refractivity contribution >= 4 is 0 Å². The molecule has 2 rings (SSSR count). The van der Waals surface area contributed by atoms with Crippen molar-refractivity contribution in [3.8, 4) is 0 Å². The molecular formula is C18H35N. The van der Waals surface area contributed by atoms with Crippen LogP contribution in [0, 0.1) is 17.3 Å². The molecule has 2 saturated carbocycles. The van der Waals surface area contributed by atoms with Crippen LogP contribution in [0.2, 0.25) is 0 Å². The molecule has 2 aliphatic rings. The quantitative estimate of drug-likeness (QED) is 0.700. The van der Waals surface area contributed by atoms with Crippen LogP contribution in [0.25, 0.3) is 0 Å². The number of hydrogen-bond acceptors (Lipinski definition) is 1. The summed E-state index contributed by atoms with van der Waals surface area (Å²) in [5, 5.41) is 3.84. The van der Waals surface area contributed by atoms with Crippen LogP contribution < -0.4 is 5.32 Å². The summed E-state index contributed by atoms with van der Waals surface area (Å²) in [5.74, 6) is 2.01. The van der Waals surface area contributed by atoms with Gasteiger partial charge in [0.1, 0.15) is 0 Å². The molecule has 2 fully saturated rings. The van der Waals surface area contributed by atoms with Gasteiger partial charge in [-0.15, -0.1) is 0 Å². The zero-order chi connectivity index (χ0) is 13.7. The average molecular weight is 265 g/mol. The second kappa shape index (κ2) is 7.11. The molecule has 1 heteroatoms. The largest absolute Gasteiger partial charge is 0.314 e. The fourth-order valence-electron chi connectivity index (χ4n) is 4.16. The first-order chi connectivity index (χ1) is 9.12. The minimum Gasteiger partial charge on any atom is -0.314 e. The smallest absolute Gasteiger partial charge is 0.00672 e. The van der Waals surface area contributed by atoms with Gasteiger partial charge in [0.15, 0.2) is 0 Å². The van der Waals surface area contributed by atoms with E-state index in [0.717, 1.165) is 17.9 Å². The molecule has 0 aromatic carbocycles. The monoisotopic (exact) mass is 265 g/mol. The molecule has 0 saturated heterocycles. The van der Waals surface area contributed by atoms with Gasteiger partial charge in [-0.2, -0.15) is 0 Å². The van der Waals surface area contributed by atoms with Gasteiger partial charge in [-0.25, -0.2) is 0 Å². The van der Waals surface area contributed by atoms with Crippen molar-refractivity contribution in [3.63, 3.8) is 0 Å². The lowest BCUT2D eigenvalue weighted by Crippen LogP contribution is -2.37. The van der Waals surface area contributed by atoms with Crippen molar-refractivity contribution in [3.05, 3.63) is 0 Å². The van der Waals surface area contributed by atoms with E-state index in [1.165, 1.54) is 70.8 Å². The van der Waals surface area contributed by atoms with Crippen LogP contribution >= 0.6 is 0 Å². The van der Waals surface area contributed by atoms with Crippen LogP contribution in [-0.2, 0) is 0 Å². The molecule has 0 heterocycles. The van der Waals surface area contributed by atoms with Gasteiger partial charge in [0.05, 0.1) is 0 Å². The molecular weight excluding hydrogens is 230 g/mol. The van der Waals surface area contributed by atoms with Gasteiger partial charge >= 0.3 is 0 Å². The molecule has 1 nitrogen and oxygen atoms in total. The minimum absolute atomic E-state index is 0.564. The lowest BCUT2D eigenvalue weighted by Gasteiger charge is -2.39. The molecule has 112 valence electrons. The van der Waals surface area contributed by atoms with Crippen molar-refractivity contribution in [1.29, 1.82) is 0 Å². The zero-order valence-corrected chi connectivity index (χ0v) is 13.5. The normalized spacial score (nSPS) is 29.8. The van der Waals surface area contributed by atoms with E-state index in [2.05, 4.69) is 26.1 Å². The first-order valence-electron chi connectivity index (χ1n) is 8.85. The van der Waals surface area contributed by atoms with Gasteiger partial charge < -0.3 is 5.32 Å². The summed E-state index contributed by atoms with van der Waals surface area (Å²) in [6.45, 7) is 8.56. The third-order valence-electron chi connectivity index (χ3n) is 6.20. The Kier molecular flexibility index (Phi) is 5.74. The van der Waals surface area contributed by atoms with E-state index in [1.807, 2.05) is 0 Å². The molecule has 0 unspecified atom stereocenters. The summed E-state index contributed by atoms with van der Waals surface area (Å²) in [5.41, 5.74) is 0.564. The van der Waals surface area contributed by atoms with E-state index in [4.69, 9.17) is 0 Å². The highest BCUT2D eigenvalue weighted by atomic mass is 14.9. The Morgan fingerprint density at radius 1 is 0.947 bits per heavy atom. The van der Waals surface area contributed by atoms with Crippen LogP contribution in [0.5, 0.6) is 0 Å². The van der Waals surface area contributed by atoms with Gasteiger partial charge in [0.25, 0.3) is 0 Å². The van der Waals surface area contributed by atoms with Crippen LogP contribution in [-0.4, -0.2) is 12.6 Å². The highest BCUT2D eigenvalue weighted by Crippen LogP contribution is 2.40. The summed E-state index contributed by atoms with van der Waals surface area (Å²) >= 11 is 0. The fourth-order valence-corrected chi connectivity index (χ4v) is 4.16. The standard InChI is InChI=1S/C18H35N/c1-4-18(2,3)16-9-11-17(12-10-16)19-14-13-15-7-5-6-8-15/h15-17,19H,4-14H2,1-3H3. The molecule has 0 radical (unpaired) electrons. The SMILES string of the molecule is CCC(C)(C)C1CCC(NCCC2CCCC2)CC1. The van der Waals surface area contributed by atoms with Gasteiger partial charge in [-0.3, -0.25) is 0 Å². The third-order valence-corrected chi connectivity index (χ3v) is 6.20. The van der Waals surface area contributed by atoms with Gasteiger partial charge in [-0.05, 0) is 55.9 Å². The van der Waals surface area contributed by atoms with Gasteiger partial charge in [0, 0.05) is 6.04 Å². The second-order valence-electron chi connectivity index (χ2n) is 7.78. The van der Waals surface area contributed by atoms with Crippen LogP contribution in [0.1, 0.15) is 85.0 Å². The van der Waals surface area contributed by atoms with Crippen molar-refractivity contribution in [2.24, 2.45) is 17.3 Å². The van der Waals surface area contributed by atoms with Crippen molar-refractivity contribution < 1.29 is 0 Å². The van der Waals surface area contributed by atoms with Crippen LogP contribution in [0.3, 0.4) is 0 Å². The second-order valence-corrected chi connectivity index (χ2v) is 7.78. The highest BCUT2D eigenvalue weighted by Gasteiger charge is 2.31. The molecule has 1 N–H and O–H groups in total. The van der Waals surface area contributed by atoms with Crippen molar-refractivity contribution in [2.45, 2.75) is 91.0 Å². The number of nitrogens with one attached hydrogen (secondary N) is 1. The molecule has 0 bridgehead atoms. The maximum atomic E-state index is 3.84. The summed E-state index contributed by atoms with van der Waals surface area (Å²) < 4.78 is 0. The maximum Gasteiger partial charge on any atom is 0.00672 e. The number of rotatable bonds is 6. The predicted octanol–water partition coefficient (Wildman–Crippen LogP) is 5.15. The Morgan fingerprint density at radius 2 is 1.58 bits per heavy atom.